The van der Waals surface area contributed by atoms with E-state index >= 15 is 0 Å². The zero-order chi connectivity index (χ0) is 8.29. The van der Waals surface area contributed by atoms with Gasteiger partial charge in [0.1, 0.15) is 0 Å². The number of hydrogen-bond acceptors (Lipinski definition) is 2. The molecule has 12 heavy (non-hydrogen) atoms. The molecule has 0 heterocycles. The fourth-order valence-corrected chi connectivity index (χ4v) is 1.83. The molecule has 1 aromatic carbocycles. The molecule has 2 heteroatoms. The van der Waals surface area contributed by atoms with Crippen molar-refractivity contribution in [3.05, 3.63) is 34.4 Å². The molecule has 0 fully saturated rings. The van der Waals surface area contributed by atoms with Crippen LogP contribution in [-0.4, -0.2) is 11.6 Å². The SMILES string of the molecule is O=C1Cc2cc3c(cc21)C(=O)C3. The van der Waals surface area contributed by atoms with E-state index in [1.165, 1.54) is 0 Å². The van der Waals surface area contributed by atoms with Crippen LogP contribution in [0.1, 0.15) is 31.8 Å². The molecule has 0 atom stereocenters. The average molecular weight is 158 g/mol. The smallest absolute Gasteiger partial charge is 0.167 e. The van der Waals surface area contributed by atoms with Crippen molar-refractivity contribution in [3.63, 3.8) is 0 Å². The summed E-state index contributed by atoms with van der Waals surface area (Å²) in [5.74, 6) is 0.347. The van der Waals surface area contributed by atoms with Gasteiger partial charge in [0.05, 0.1) is 0 Å². The van der Waals surface area contributed by atoms with Crippen molar-refractivity contribution >= 4 is 11.6 Å². The van der Waals surface area contributed by atoms with Gasteiger partial charge >= 0.3 is 0 Å². The third-order valence-electron chi connectivity index (χ3n) is 2.63. The van der Waals surface area contributed by atoms with Gasteiger partial charge < -0.3 is 0 Å². The zero-order valence-electron chi connectivity index (χ0n) is 6.39. The van der Waals surface area contributed by atoms with E-state index < -0.39 is 0 Å². The molecule has 2 aliphatic rings. The molecule has 0 spiro atoms. The first kappa shape index (κ1) is 6.12. The van der Waals surface area contributed by atoms with Gasteiger partial charge in [-0.3, -0.25) is 9.59 Å². The Bertz CT molecular complexity index is 392. The Hall–Kier alpha value is -1.44. The van der Waals surface area contributed by atoms with Gasteiger partial charge in [0, 0.05) is 24.0 Å². The van der Waals surface area contributed by atoms with Crippen LogP contribution < -0.4 is 0 Å². The highest BCUT2D eigenvalue weighted by Crippen LogP contribution is 2.32. The fourth-order valence-electron chi connectivity index (χ4n) is 1.83. The molecule has 1 aromatic rings. The van der Waals surface area contributed by atoms with Crippen LogP contribution in [0.5, 0.6) is 0 Å². The Morgan fingerprint density at radius 2 is 1.33 bits per heavy atom. The number of carbonyl (C=O) groups excluding carboxylic acids is 2. The van der Waals surface area contributed by atoms with Crippen molar-refractivity contribution in [2.45, 2.75) is 12.8 Å². The molecular weight excluding hydrogens is 152 g/mol. The fraction of sp³-hybridized carbons (Fsp3) is 0.200. The average Bonchev–Trinajstić information content (AvgIpc) is 2.01. The first-order valence-corrected chi connectivity index (χ1v) is 3.98. The maximum Gasteiger partial charge on any atom is 0.167 e. The maximum atomic E-state index is 11.0. The molecule has 0 aliphatic heterocycles. The number of Topliss-reactive ketones (excluding diaryl/α,β-unsaturated/α-hetero) is 2. The van der Waals surface area contributed by atoms with Crippen molar-refractivity contribution in [2.24, 2.45) is 0 Å². The van der Waals surface area contributed by atoms with Crippen molar-refractivity contribution in [3.8, 4) is 0 Å². The Kier molecular flexibility index (Phi) is 0.845. The monoisotopic (exact) mass is 158 g/mol. The topological polar surface area (TPSA) is 34.1 Å². The number of benzene rings is 1. The summed E-state index contributed by atoms with van der Waals surface area (Å²) in [5, 5.41) is 0. The van der Waals surface area contributed by atoms with Crippen LogP contribution in [0.15, 0.2) is 12.1 Å². The van der Waals surface area contributed by atoms with Gasteiger partial charge in [0.25, 0.3) is 0 Å². The quantitative estimate of drug-likeness (QED) is 0.567. The molecule has 0 bridgehead atoms. The molecule has 0 unspecified atom stereocenters. The normalized spacial score (nSPS) is 17.7. The summed E-state index contributed by atoms with van der Waals surface area (Å²) >= 11 is 0. The Morgan fingerprint density at radius 1 is 0.833 bits per heavy atom. The molecular formula is C10H6O2. The summed E-state index contributed by atoms with van der Waals surface area (Å²) in [6.07, 6.45) is 1.13. The van der Waals surface area contributed by atoms with Crippen molar-refractivity contribution in [2.75, 3.05) is 0 Å². The Balaban J connectivity index is 2.28. The highest BCUT2D eigenvalue weighted by atomic mass is 16.1. The van der Waals surface area contributed by atoms with Gasteiger partial charge in [0.15, 0.2) is 11.6 Å². The molecule has 0 saturated carbocycles. The van der Waals surface area contributed by atoms with Gasteiger partial charge in [-0.05, 0) is 17.2 Å². The van der Waals surface area contributed by atoms with Crippen LogP contribution in [0, 0.1) is 0 Å². The molecule has 2 aliphatic carbocycles. The van der Waals surface area contributed by atoms with Gasteiger partial charge in [-0.1, -0.05) is 6.07 Å². The number of fused-ring (bicyclic) bond motifs is 2. The second kappa shape index (κ2) is 1.66. The first-order valence-electron chi connectivity index (χ1n) is 3.98. The Labute approximate surface area is 69.2 Å². The predicted octanol–water partition coefficient (Wildman–Crippen LogP) is 1.16. The van der Waals surface area contributed by atoms with Crippen molar-refractivity contribution < 1.29 is 9.59 Å². The molecule has 0 aromatic heterocycles. The van der Waals surface area contributed by atoms with Gasteiger partial charge in [-0.15, -0.1) is 0 Å². The minimum Gasteiger partial charge on any atom is -0.294 e. The second-order valence-corrected chi connectivity index (χ2v) is 3.37. The van der Waals surface area contributed by atoms with E-state index in [1.807, 2.05) is 6.07 Å². The van der Waals surface area contributed by atoms with Crippen LogP contribution in [0.4, 0.5) is 0 Å². The lowest BCUT2D eigenvalue weighted by Crippen LogP contribution is -2.26. The maximum absolute atomic E-state index is 11.0. The van der Waals surface area contributed by atoms with E-state index in [-0.39, 0.29) is 11.6 Å². The molecule has 3 rings (SSSR count). The van der Waals surface area contributed by atoms with Crippen LogP contribution in [0.2, 0.25) is 0 Å². The third kappa shape index (κ3) is 0.524. The van der Waals surface area contributed by atoms with E-state index in [0.717, 1.165) is 22.3 Å². The lowest BCUT2D eigenvalue weighted by Gasteiger charge is -2.24. The lowest BCUT2D eigenvalue weighted by atomic mass is 9.77. The van der Waals surface area contributed by atoms with Gasteiger partial charge in [0.2, 0.25) is 0 Å². The van der Waals surface area contributed by atoms with E-state index in [2.05, 4.69) is 0 Å². The minimum absolute atomic E-state index is 0.174. The molecule has 0 amide bonds. The number of rotatable bonds is 0. The predicted molar refractivity (Wildman–Crippen MR) is 42.5 cm³/mol. The standard InChI is InChI=1S/C10H6O2/c11-9-2-5-1-6-3-10(12)8(6)4-7(5)9/h1,4H,2-3H2. The molecule has 0 radical (unpaired) electrons. The van der Waals surface area contributed by atoms with Crippen molar-refractivity contribution in [1.82, 2.24) is 0 Å². The summed E-state index contributed by atoms with van der Waals surface area (Å²) in [6, 6.07) is 3.75. The van der Waals surface area contributed by atoms with Crippen LogP contribution >= 0.6 is 0 Å². The van der Waals surface area contributed by atoms with Crippen molar-refractivity contribution in [1.29, 1.82) is 0 Å². The molecule has 0 saturated heterocycles. The highest BCUT2D eigenvalue weighted by Gasteiger charge is 2.31. The van der Waals surface area contributed by atoms with Crippen LogP contribution in [0.3, 0.4) is 0 Å². The molecule has 0 N–H and O–H groups in total. The molecule has 58 valence electrons. The van der Waals surface area contributed by atoms with Crippen LogP contribution in [0.25, 0.3) is 0 Å². The largest absolute Gasteiger partial charge is 0.294 e. The van der Waals surface area contributed by atoms with E-state index in [4.69, 9.17) is 0 Å². The minimum atomic E-state index is 0.174. The zero-order valence-corrected chi connectivity index (χ0v) is 6.39. The van der Waals surface area contributed by atoms with Gasteiger partial charge in [-0.2, -0.15) is 0 Å². The van der Waals surface area contributed by atoms with Gasteiger partial charge in [-0.25, -0.2) is 0 Å². The van der Waals surface area contributed by atoms with E-state index in [1.54, 1.807) is 6.07 Å². The summed E-state index contributed by atoms with van der Waals surface area (Å²) in [7, 11) is 0. The first-order chi connectivity index (χ1) is 5.75. The molecule has 2 nitrogen and oxygen atoms in total. The highest BCUT2D eigenvalue weighted by molar-refractivity contribution is 6.12. The second-order valence-electron chi connectivity index (χ2n) is 3.37. The summed E-state index contributed by atoms with van der Waals surface area (Å²) in [5.41, 5.74) is 3.76. The number of ketones is 2. The summed E-state index contributed by atoms with van der Waals surface area (Å²) in [4.78, 5) is 22.0. The number of hydrogen-bond donors (Lipinski definition) is 0. The lowest BCUT2D eigenvalue weighted by molar-refractivity contribution is 0.0963. The summed E-state index contributed by atoms with van der Waals surface area (Å²) in [6.45, 7) is 0. The summed E-state index contributed by atoms with van der Waals surface area (Å²) < 4.78 is 0. The Morgan fingerprint density at radius 3 is 1.75 bits per heavy atom. The number of carbonyl (C=O) groups is 2. The van der Waals surface area contributed by atoms with Crippen LogP contribution in [-0.2, 0) is 12.8 Å². The third-order valence-corrected chi connectivity index (χ3v) is 2.63. The van der Waals surface area contributed by atoms with E-state index in [0.29, 0.717) is 12.8 Å². The van der Waals surface area contributed by atoms with E-state index in [9.17, 15) is 9.59 Å².